The maximum Gasteiger partial charge on any atom is 0.325 e. The van der Waals surface area contributed by atoms with Crippen LogP contribution < -0.4 is 5.73 Å². The molecule has 0 saturated heterocycles. The highest BCUT2D eigenvalue weighted by Crippen LogP contribution is 2.34. The smallest absolute Gasteiger partial charge is 0.325 e. The number of carbonyl (C=O) groups is 1. The molecule has 2 unspecified atom stereocenters. The van der Waals surface area contributed by atoms with Crippen LogP contribution in [-0.4, -0.2) is 28.4 Å². The van der Waals surface area contributed by atoms with E-state index in [0.29, 0.717) is 12.8 Å². The normalized spacial score (nSPS) is 29.0. The van der Waals surface area contributed by atoms with E-state index >= 15 is 0 Å². The molecule has 1 aromatic rings. The molecule has 6 heteroatoms. The molecule has 1 aromatic heterocycles. The zero-order valence-corrected chi connectivity index (χ0v) is 11.3. The standard InChI is InChI=1S/C11H16BrN3O2/c1-17-10(16)11(13)4-2-3-9(5-11)15-7-8(12)6-14-15/h6-7,9H,2-5,13H2,1H3. The van der Waals surface area contributed by atoms with Crippen molar-refractivity contribution in [1.82, 2.24) is 9.78 Å². The topological polar surface area (TPSA) is 70.1 Å². The van der Waals surface area contributed by atoms with Crippen LogP contribution in [-0.2, 0) is 9.53 Å². The van der Waals surface area contributed by atoms with E-state index < -0.39 is 5.54 Å². The average molecular weight is 302 g/mol. The van der Waals surface area contributed by atoms with Gasteiger partial charge in [0.05, 0.1) is 23.8 Å². The average Bonchev–Trinajstić information content (AvgIpc) is 2.75. The summed E-state index contributed by atoms with van der Waals surface area (Å²) < 4.78 is 7.58. The number of ether oxygens (including phenoxy) is 1. The summed E-state index contributed by atoms with van der Waals surface area (Å²) in [5, 5.41) is 4.25. The summed E-state index contributed by atoms with van der Waals surface area (Å²) in [6.45, 7) is 0. The second-order valence-electron chi connectivity index (χ2n) is 4.54. The number of hydrogen-bond acceptors (Lipinski definition) is 4. The Kier molecular flexibility index (Phi) is 3.53. The summed E-state index contributed by atoms with van der Waals surface area (Å²) in [5.74, 6) is -0.326. The van der Waals surface area contributed by atoms with Gasteiger partial charge in [-0.2, -0.15) is 5.10 Å². The van der Waals surface area contributed by atoms with Gasteiger partial charge in [-0.05, 0) is 41.6 Å². The molecule has 0 radical (unpaired) electrons. The molecule has 2 N–H and O–H groups in total. The van der Waals surface area contributed by atoms with E-state index in [9.17, 15) is 4.79 Å². The van der Waals surface area contributed by atoms with Crippen LogP contribution >= 0.6 is 15.9 Å². The molecule has 1 fully saturated rings. The van der Waals surface area contributed by atoms with Crippen LogP contribution in [0.15, 0.2) is 16.9 Å². The Balaban J connectivity index is 2.14. The van der Waals surface area contributed by atoms with Crippen LogP contribution in [0.3, 0.4) is 0 Å². The van der Waals surface area contributed by atoms with Crippen LogP contribution in [0.5, 0.6) is 0 Å². The number of methoxy groups -OCH3 is 1. The molecule has 1 saturated carbocycles. The SMILES string of the molecule is COC(=O)C1(N)CCCC(n2cc(Br)cn2)C1. The van der Waals surface area contributed by atoms with Crippen molar-refractivity contribution >= 4 is 21.9 Å². The van der Waals surface area contributed by atoms with Crippen LogP contribution in [0, 0.1) is 0 Å². The van der Waals surface area contributed by atoms with Crippen molar-refractivity contribution < 1.29 is 9.53 Å². The molecular formula is C11H16BrN3O2. The number of halogens is 1. The zero-order valence-electron chi connectivity index (χ0n) is 9.73. The van der Waals surface area contributed by atoms with Gasteiger partial charge in [-0.15, -0.1) is 0 Å². The minimum Gasteiger partial charge on any atom is -0.468 e. The quantitative estimate of drug-likeness (QED) is 0.843. The molecule has 1 aliphatic rings. The Morgan fingerprint density at radius 2 is 2.53 bits per heavy atom. The minimum atomic E-state index is -0.865. The van der Waals surface area contributed by atoms with Crippen LogP contribution in [0.4, 0.5) is 0 Å². The maximum absolute atomic E-state index is 11.7. The van der Waals surface area contributed by atoms with Crippen molar-refractivity contribution in [2.75, 3.05) is 7.11 Å². The predicted molar refractivity (Wildman–Crippen MR) is 66.4 cm³/mol. The highest BCUT2D eigenvalue weighted by Gasteiger charge is 2.41. The van der Waals surface area contributed by atoms with Gasteiger partial charge >= 0.3 is 5.97 Å². The van der Waals surface area contributed by atoms with Crippen molar-refractivity contribution in [2.45, 2.75) is 37.3 Å². The van der Waals surface area contributed by atoms with Crippen molar-refractivity contribution in [3.05, 3.63) is 16.9 Å². The summed E-state index contributed by atoms with van der Waals surface area (Å²) in [4.78, 5) is 11.7. The van der Waals surface area contributed by atoms with Gasteiger partial charge in [0.15, 0.2) is 0 Å². The lowest BCUT2D eigenvalue weighted by atomic mass is 9.80. The van der Waals surface area contributed by atoms with Crippen molar-refractivity contribution in [2.24, 2.45) is 5.73 Å². The third kappa shape index (κ3) is 2.52. The third-order valence-corrected chi connectivity index (χ3v) is 3.71. The Morgan fingerprint density at radius 3 is 3.12 bits per heavy atom. The Hall–Kier alpha value is -0.880. The molecule has 1 heterocycles. The molecule has 1 aliphatic carbocycles. The fraction of sp³-hybridized carbons (Fsp3) is 0.636. The minimum absolute atomic E-state index is 0.166. The third-order valence-electron chi connectivity index (χ3n) is 3.30. The second kappa shape index (κ2) is 4.78. The van der Waals surface area contributed by atoms with E-state index in [4.69, 9.17) is 10.5 Å². The highest BCUT2D eigenvalue weighted by molar-refractivity contribution is 9.10. The van der Waals surface area contributed by atoms with Gasteiger partial charge in [0, 0.05) is 6.20 Å². The first-order valence-electron chi connectivity index (χ1n) is 5.62. The Bertz CT molecular complexity index is 421. The first-order valence-corrected chi connectivity index (χ1v) is 6.41. The predicted octanol–water partition coefficient (Wildman–Crippen LogP) is 1.63. The number of carbonyl (C=O) groups excluding carboxylic acids is 1. The molecule has 0 amide bonds. The van der Waals surface area contributed by atoms with E-state index in [1.54, 1.807) is 6.20 Å². The Morgan fingerprint density at radius 1 is 1.76 bits per heavy atom. The van der Waals surface area contributed by atoms with Crippen molar-refractivity contribution in [3.63, 3.8) is 0 Å². The highest BCUT2D eigenvalue weighted by atomic mass is 79.9. The molecule has 2 rings (SSSR count). The monoisotopic (exact) mass is 301 g/mol. The van der Waals surface area contributed by atoms with Crippen LogP contribution in [0.1, 0.15) is 31.7 Å². The van der Waals surface area contributed by atoms with E-state index in [0.717, 1.165) is 17.3 Å². The van der Waals surface area contributed by atoms with E-state index in [1.807, 2.05) is 10.9 Å². The number of hydrogen-bond donors (Lipinski definition) is 1. The molecular weight excluding hydrogens is 286 g/mol. The van der Waals surface area contributed by atoms with E-state index in [-0.39, 0.29) is 12.0 Å². The number of esters is 1. The molecule has 94 valence electrons. The van der Waals surface area contributed by atoms with E-state index in [1.165, 1.54) is 7.11 Å². The summed E-state index contributed by atoms with van der Waals surface area (Å²) in [6, 6.07) is 0.166. The lowest BCUT2D eigenvalue weighted by Crippen LogP contribution is -2.52. The van der Waals surface area contributed by atoms with Gasteiger partial charge in [-0.25, -0.2) is 0 Å². The summed E-state index contributed by atoms with van der Waals surface area (Å²) in [7, 11) is 1.38. The maximum atomic E-state index is 11.7. The summed E-state index contributed by atoms with van der Waals surface area (Å²) in [6.07, 6.45) is 6.81. The largest absolute Gasteiger partial charge is 0.468 e. The second-order valence-corrected chi connectivity index (χ2v) is 5.45. The Labute approximate surface area is 108 Å². The number of nitrogens with zero attached hydrogens (tertiary/aromatic N) is 2. The molecule has 0 bridgehead atoms. The molecule has 0 spiro atoms. The molecule has 17 heavy (non-hydrogen) atoms. The van der Waals surface area contributed by atoms with Crippen LogP contribution in [0.2, 0.25) is 0 Å². The zero-order chi connectivity index (χ0) is 12.5. The molecule has 0 aromatic carbocycles. The van der Waals surface area contributed by atoms with Gasteiger partial charge in [-0.1, -0.05) is 0 Å². The van der Waals surface area contributed by atoms with Gasteiger partial charge in [0.1, 0.15) is 5.54 Å². The number of aromatic nitrogens is 2. The fourth-order valence-corrected chi connectivity index (χ4v) is 2.71. The molecule has 0 aliphatic heterocycles. The van der Waals surface area contributed by atoms with Gasteiger partial charge in [0.2, 0.25) is 0 Å². The van der Waals surface area contributed by atoms with Crippen molar-refractivity contribution in [1.29, 1.82) is 0 Å². The lowest BCUT2D eigenvalue weighted by Gasteiger charge is -2.35. The molecule has 2 atom stereocenters. The molecule has 5 nitrogen and oxygen atoms in total. The first-order chi connectivity index (χ1) is 8.05. The number of nitrogens with two attached hydrogens (primary N) is 1. The van der Waals surface area contributed by atoms with Crippen LogP contribution in [0.25, 0.3) is 0 Å². The van der Waals surface area contributed by atoms with Gasteiger partial charge in [-0.3, -0.25) is 9.48 Å². The van der Waals surface area contributed by atoms with Gasteiger partial charge in [0.25, 0.3) is 0 Å². The number of rotatable bonds is 2. The lowest BCUT2D eigenvalue weighted by molar-refractivity contribution is -0.149. The first kappa shape index (κ1) is 12.6. The fourth-order valence-electron chi connectivity index (χ4n) is 2.41. The van der Waals surface area contributed by atoms with E-state index in [2.05, 4.69) is 21.0 Å². The van der Waals surface area contributed by atoms with Gasteiger partial charge < -0.3 is 10.5 Å². The summed E-state index contributed by atoms with van der Waals surface area (Å²) >= 11 is 3.36. The summed E-state index contributed by atoms with van der Waals surface area (Å²) in [5.41, 5.74) is 5.26. The van der Waals surface area contributed by atoms with Crippen molar-refractivity contribution in [3.8, 4) is 0 Å².